The van der Waals surface area contributed by atoms with Crippen LogP contribution in [0.1, 0.15) is 5.56 Å². The molecule has 0 bridgehead atoms. The molecule has 3 aromatic rings. The molecule has 0 aromatic heterocycles. The van der Waals surface area contributed by atoms with Gasteiger partial charge >= 0.3 is 0 Å². The molecule has 6 nitrogen and oxygen atoms in total. The van der Waals surface area contributed by atoms with E-state index in [4.69, 9.17) is 34.8 Å². The maximum Gasteiger partial charge on any atom is 0.270 e. The molecule has 0 saturated carbocycles. The number of hydrogen-bond acceptors (Lipinski definition) is 4. The van der Waals surface area contributed by atoms with Crippen LogP contribution in [0, 0.1) is 15.9 Å². The van der Waals surface area contributed by atoms with Gasteiger partial charge in [0.25, 0.3) is 15.7 Å². The normalized spacial score (nSPS) is 11.3. The molecule has 0 N–H and O–H groups in total. The molecular formula is C19H12Cl3FN2O4S. The number of benzene rings is 3. The average molecular weight is 490 g/mol. The van der Waals surface area contributed by atoms with E-state index in [1.807, 2.05) is 0 Å². The van der Waals surface area contributed by atoms with E-state index in [2.05, 4.69) is 0 Å². The smallest absolute Gasteiger partial charge is 0.262 e. The first kappa shape index (κ1) is 22.3. The predicted octanol–water partition coefficient (Wildman–Crippen LogP) is 6.09. The lowest BCUT2D eigenvalue weighted by molar-refractivity contribution is -0.385. The van der Waals surface area contributed by atoms with E-state index in [0.717, 1.165) is 34.6 Å². The van der Waals surface area contributed by atoms with Crippen LogP contribution >= 0.6 is 34.8 Å². The average Bonchev–Trinajstić information content (AvgIpc) is 2.68. The number of nitro benzene ring substituents is 1. The van der Waals surface area contributed by atoms with Crippen molar-refractivity contribution in [1.29, 1.82) is 0 Å². The number of nitrogens with zero attached hydrogens (tertiary/aromatic N) is 2. The van der Waals surface area contributed by atoms with Crippen molar-refractivity contribution in [3.05, 3.63) is 97.2 Å². The zero-order chi connectivity index (χ0) is 22.1. The van der Waals surface area contributed by atoms with Crippen molar-refractivity contribution >= 4 is 56.2 Å². The minimum Gasteiger partial charge on any atom is -0.262 e. The highest BCUT2D eigenvalue weighted by molar-refractivity contribution is 7.93. The van der Waals surface area contributed by atoms with Crippen molar-refractivity contribution in [2.45, 2.75) is 11.4 Å². The Hall–Kier alpha value is -2.39. The Bertz CT molecular complexity index is 1220. The monoisotopic (exact) mass is 488 g/mol. The van der Waals surface area contributed by atoms with Crippen LogP contribution in [-0.4, -0.2) is 13.3 Å². The zero-order valence-electron chi connectivity index (χ0n) is 14.9. The van der Waals surface area contributed by atoms with Crippen molar-refractivity contribution in [3.63, 3.8) is 0 Å². The first-order chi connectivity index (χ1) is 14.1. The summed E-state index contributed by atoms with van der Waals surface area (Å²) in [6.45, 7) is -0.276. The number of rotatable bonds is 6. The first-order valence-electron chi connectivity index (χ1n) is 8.26. The van der Waals surface area contributed by atoms with Crippen LogP contribution in [-0.2, 0) is 16.6 Å². The van der Waals surface area contributed by atoms with Crippen LogP contribution < -0.4 is 4.31 Å². The summed E-state index contributed by atoms with van der Waals surface area (Å²) in [4.78, 5) is 9.95. The predicted molar refractivity (Wildman–Crippen MR) is 114 cm³/mol. The second-order valence-corrected chi connectivity index (χ2v) is 9.18. The highest BCUT2D eigenvalue weighted by Crippen LogP contribution is 2.34. The van der Waals surface area contributed by atoms with Crippen LogP contribution in [0.15, 0.2) is 65.6 Å². The molecule has 0 saturated heterocycles. The summed E-state index contributed by atoms with van der Waals surface area (Å²) in [6.07, 6.45) is 0. The van der Waals surface area contributed by atoms with Gasteiger partial charge in [0.1, 0.15) is 10.7 Å². The van der Waals surface area contributed by atoms with E-state index in [-0.39, 0.29) is 22.3 Å². The molecule has 0 atom stereocenters. The molecular weight excluding hydrogens is 478 g/mol. The van der Waals surface area contributed by atoms with Gasteiger partial charge in [-0.25, -0.2) is 12.8 Å². The van der Waals surface area contributed by atoms with E-state index in [1.165, 1.54) is 30.3 Å². The lowest BCUT2D eigenvalue weighted by Gasteiger charge is -2.25. The molecule has 156 valence electrons. The molecule has 30 heavy (non-hydrogen) atoms. The molecule has 0 radical (unpaired) electrons. The molecule has 0 amide bonds. The summed E-state index contributed by atoms with van der Waals surface area (Å²) in [5, 5.41) is 11.3. The molecule has 3 aromatic carbocycles. The van der Waals surface area contributed by atoms with Crippen molar-refractivity contribution < 1.29 is 17.7 Å². The van der Waals surface area contributed by atoms with Gasteiger partial charge in [0.05, 0.1) is 22.2 Å². The Morgan fingerprint density at radius 2 is 1.60 bits per heavy atom. The van der Waals surface area contributed by atoms with Crippen LogP contribution in [0.5, 0.6) is 0 Å². The van der Waals surface area contributed by atoms with Crippen LogP contribution in [0.2, 0.25) is 15.1 Å². The molecule has 0 aliphatic carbocycles. The standard InChI is InChI=1S/C19H12Cl3FN2O4S/c20-13-2-5-15(6-3-13)24(11-12-1-4-14(23)9-18(12)22)30(28,29)19-10-16(25(26)27)7-8-17(19)21/h1-10H,11H2. The van der Waals surface area contributed by atoms with Gasteiger partial charge in [0, 0.05) is 22.2 Å². The van der Waals surface area contributed by atoms with Crippen molar-refractivity contribution in [3.8, 4) is 0 Å². The zero-order valence-corrected chi connectivity index (χ0v) is 18.0. The first-order valence-corrected chi connectivity index (χ1v) is 10.8. The van der Waals surface area contributed by atoms with E-state index in [1.54, 1.807) is 0 Å². The SMILES string of the molecule is O=[N+]([O-])c1ccc(Cl)c(S(=O)(=O)N(Cc2ccc(F)cc2Cl)c2ccc(Cl)cc2)c1. The largest absolute Gasteiger partial charge is 0.270 e. The number of nitro groups is 1. The summed E-state index contributed by atoms with van der Waals surface area (Å²) in [6, 6.07) is 12.6. The molecule has 0 aliphatic rings. The maximum atomic E-state index is 13.5. The van der Waals surface area contributed by atoms with Gasteiger partial charge in [-0.3, -0.25) is 14.4 Å². The van der Waals surface area contributed by atoms with Gasteiger partial charge in [0.2, 0.25) is 0 Å². The number of hydrogen-bond donors (Lipinski definition) is 0. The molecule has 0 spiro atoms. The van der Waals surface area contributed by atoms with Crippen molar-refractivity contribution in [2.24, 2.45) is 0 Å². The molecule has 0 unspecified atom stereocenters. The Labute approximate surface area is 186 Å². The molecule has 11 heteroatoms. The Balaban J connectivity index is 2.17. The van der Waals surface area contributed by atoms with E-state index >= 15 is 0 Å². The third-order valence-electron chi connectivity index (χ3n) is 4.14. The Morgan fingerprint density at radius 1 is 0.933 bits per heavy atom. The highest BCUT2D eigenvalue weighted by atomic mass is 35.5. The van der Waals surface area contributed by atoms with E-state index < -0.39 is 31.3 Å². The fraction of sp³-hybridized carbons (Fsp3) is 0.0526. The van der Waals surface area contributed by atoms with Crippen LogP contribution in [0.3, 0.4) is 0 Å². The van der Waals surface area contributed by atoms with E-state index in [9.17, 15) is 22.9 Å². The van der Waals surface area contributed by atoms with Gasteiger partial charge < -0.3 is 0 Å². The molecule has 0 fully saturated rings. The second kappa shape index (κ2) is 8.77. The molecule has 3 rings (SSSR count). The van der Waals surface area contributed by atoms with Gasteiger partial charge in [-0.2, -0.15) is 0 Å². The lowest BCUT2D eigenvalue weighted by Crippen LogP contribution is -2.31. The van der Waals surface area contributed by atoms with Crippen molar-refractivity contribution in [1.82, 2.24) is 0 Å². The topological polar surface area (TPSA) is 80.5 Å². The van der Waals surface area contributed by atoms with Gasteiger partial charge in [-0.15, -0.1) is 0 Å². The van der Waals surface area contributed by atoms with Crippen LogP contribution in [0.25, 0.3) is 0 Å². The molecule has 0 aliphatic heterocycles. The lowest BCUT2D eigenvalue weighted by atomic mass is 10.2. The minimum absolute atomic E-state index is 0.0225. The fourth-order valence-corrected chi connectivity index (χ4v) is 4.94. The maximum absolute atomic E-state index is 13.5. The Kier molecular flexibility index (Phi) is 6.52. The third-order valence-corrected chi connectivity index (χ3v) is 7.00. The summed E-state index contributed by atoms with van der Waals surface area (Å²) < 4.78 is 41.3. The fourth-order valence-electron chi connectivity index (χ4n) is 2.65. The highest BCUT2D eigenvalue weighted by Gasteiger charge is 2.30. The summed E-state index contributed by atoms with van der Waals surface area (Å²) in [5.41, 5.74) is 0.0920. The number of non-ortho nitro benzene ring substituents is 1. The van der Waals surface area contributed by atoms with Crippen LogP contribution in [0.4, 0.5) is 15.8 Å². The van der Waals surface area contributed by atoms with Crippen molar-refractivity contribution in [2.75, 3.05) is 4.31 Å². The number of anilines is 1. The number of halogens is 4. The van der Waals surface area contributed by atoms with Gasteiger partial charge in [0.15, 0.2) is 0 Å². The minimum atomic E-state index is -4.38. The van der Waals surface area contributed by atoms with Gasteiger partial charge in [-0.05, 0) is 48.0 Å². The Morgan fingerprint density at radius 3 is 2.20 bits per heavy atom. The van der Waals surface area contributed by atoms with E-state index in [0.29, 0.717) is 10.6 Å². The molecule has 0 heterocycles. The summed E-state index contributed by atoms with van der Waals surface area (Å²) >= 11 is 18.1. The summed E-state index contributed by atoms with van der Waals surface area (Å²) in [7, 11) is -4.38. The summed E-state index contributed by atoms with van der Waals surface area (Å²) in [5.74, 6) is -0.577. The number of sulfonamides is 1. The quantitative estimate of drug-likeness (QED) is 0.310. The second-order valence-electron chi connectivity index (χ2n) is 6.10. The third kappa shape index (κ3) is 4.67. The van der Waals surface area contributed by atoms with Gasteiger partial charge in [-0.1, -0.05) is 40.9 Å².